The third-order valence-corrected chi connectivity index (χ3v) is 12.0. The van der Waals surface area contributed by atoms with Crippen LogP contribution < -0.4 is 42.4 Å². The second-order valence-corrected chi connectivity index (χ2v) is 18.6. The van der Waals surface area contributed by atoms with E-state index >= 15 is 0 Å². The number of carbonyl (C=O) groups is 9. The number of methoxy groups -OCH3 is 1. The lowest BCUT2D eigenvalue weighted by Gasteiger charge is -2.31. The normalized spacial score (nSPS) is 22.9. The molecule has 8 amide bonds. The van der Waals surface area contributed by atoms with Gasteiger partial charge < -0.3 is 62.2 Å². The van der Waals surface area contributed by atoms with Gasteiger partial charge in [-0.1, -0.05) is 106 Å². The van der Waals surface area contributed by atoms with Crippen molar-refractivity contribution in [1.82, 2.24) is 36.8 Å². The van der Waals surface area contributed by atoms with Crippen molar-refractivity contribution >= 4 is 71.5 Å². The standard InChI is InChI=1S/C55H70N8O13/c1-8-9-11-18-37-19-14-15-20-38(37)23-26-46(67)61-48-34(5)76-55(74)43(31-64)60-50(69)42(30-45(56)66)59-53(72)47(33(4)65)62-51(70)41(28-35-16-12-10-13-17-35)57-49(68)40(27-32(2)3)58-52(71)44(63(6)54(48)73)29-36-21-24-39(75-7)25-22-36/h10-26,29,32-34,40-43,47-48,64-65H,8-9,27-28,30-31H2,1-7H3,(H2,56,66)(H,57,68)(H,58,71)(H,59,72)(H,60,69)(H,61,67)(H,62,70)/b18-11-,26-23+,44-29+/t33-,34+,40-,41+,42-,43-,47-,48-/m0/s1. The van der Waals surface area contributed by atoms with Crippen molar-refractivity contribution in [3.8, 4) is 5.75 Å². The quantitative estimate of drug-likeness (QED) is 0.0725. The van der Waals surface area contributed by atoms with Gasteiger partial charge in [0.1, 0.15) is 47.8 Å². The fraction of sp³-hybridized carbons (Fsp3) is 0.400. The van der Waals surface area contributed by atoms with Crippen LogP contribution in [0.4, 0.5) is 0 Å². The van der Waals surface area contributed by atoms with Crippen LogP contribution in [0.15, 0.2) is 96.7 Å². The first kappa shape index (κ1) is 60.4. The van der Waals surface area contributed by atoms with Gasteiger partial charge in [-0.25, -0.2) is 4.79 Å². The van der Waals surface area contributed by atoms with Gasteiger partial charge in [0, 0.05) is 19.5 Å². The van der Waals surface area contributed by atoms with Crippen LogP contribution in [0.1, 0.15) is 82.6 Å². The molecule has 0 aliphatic carbocycles. The second kappa shape index (κ2) is 29.7. The van der Waals surface area contributed by atoms with Gasteiger partial charge in [-0.3, -0.25) is 38.4 Å². The maximum atomic E-state index is 15.0. The Bertz CT molecular complexity index is 2620. The maximum Gasteiger partial charge on any atom is 0.331 e. The number of nitrogens with zero attached hydrogens (tertiary/aromatic N) is 1. The topological polar surface area (TPSA) is 314 Å². The molecule has 21 nitrogen and oxygen atoms in total. The van der Waals surface area contributed by atoms with E-state index in [9.17, 15) is 53.4 Å². The molecule has 0 radical (unpaired) electrons. The van der Waals surface area contributed by atoms with E-state index in [2.05, 4.69) is 31.9 Å². The molecule has 0 bridgehead atoms. The number of primary amides is 1. The molecule has 0 spiro atoms. The Labute approximate surface area is 442 Å². The number of allylic oxidation sites excluding steroid dienone is 1. The Kier molecular flexibility index (Phi) is 23.6. The fourth-order valence-corrected chi connectivity index (χ4v) is 7.82. The lowest BCUT2D eigenvalue weighted by molar-refractivity contribution is -0.157. The van der Waals surface area contributed by atoms with E-state index in [1.54, 1.807) is 80.6 Å². The lowest BCUT2D eigenvalue weighted by Crippen LogP contribution is -2.62. The smallest absolute Gasteiger partial charge is 0.331 e. The number of nitrogens with one attached hydrogen (secondary N) is 6. The van der Waals surface area contributed by atoms with Crippen molar-refractivity contribution in [1.29, 1.82) is 0 Å². The van der Waals surface area contributed by atoms with Crippen molar-refractivity contribution in [2.24, 2.45) is 11.7 Å². The minimum absolute atomic E-state index is 0.00566. The van der Waals surface area contributed by atoms with E-state index in [0.29, 0.717) is 22.4 Å². The number of aliphatic hydroxyl groups is 2. The summed E-state index contributed by atoms with van der Waals surface area (Å²) in [5.41, 5.74) is 7.45. The maximum absolute atomic E-state index is 15.0. The van der Waals surface area contributed by atoms with E-state index < -0.39 is 115 Å². The zero-order valence-corrected chi connectivity index (χ0v) is 43.7. The molecule has 1 heterocycles. The fourth-order valence-electron chi connectivity index (χ4n) is 7.82. The number of aliphatic hydroxyl groups excluding tert-OH is 2. The van der Waals surface area contributed by atoms with Crippen molar-refractivity contribution < 1.29 is 62.8 Å². The van der Waals surface area contributed by atoms with Crippen LogP contribution in [0, 0.1) is 5.92 Å². The average molecular weight is 1050 g/mol. The van der Waals surface area contributed by atoms with Crippen LogP contribution in [0.3, 0.4) is 0 Å². The number of unbranched alkanes of at least 4 members (excludes halogenated alkanes) is 1. The molecule has 3 aromatic rings. The molecule has 76 heavy (non-hydrogen) atoms. The minimum Gasteiger partial charge on any atom is -0.497 e. The van der Waals surface area contributed by atoms with Crippen LogP contribution >= 0.6 is 0 Å². The molecule has 3 aromatic carbocycles. The molecule has 1 aliphatic rings. The molecule has 0 saturated carbocycles. The molecule has 1 aliphatic heterocycles. The number of esters is 1. The van der Waals surface area contributed by atoms with Gasteiger partial charge in [-0.15, -0.1) is 0 Å². The highest BCUT2D eigenvalue weighted by Gasteiger charge is 2.39. The summed E-state index contributed by atoms with van der Waals surface area (Å²) in [5, 5.41) is 36.1. The Balaban J connectivity index is 1.92. The molecule has 0 aromatic heterocycles. The highest BCUT2D eigenvalue weighted by atomic mass is 16.5. The van der Waals surface area contributed by atoms with Gasteiger partial charge in [0.2, 0.25) is 35.4 Å². The number of hydrogen-bond acceptors (Lipinski definition) is 13. The van der Waals surface area contributed by atoms with Gasteiger partial charge in [0.15, 0.2) is 6.04 Å². The SMILES string of the molecule is CCC/C=C\c1ccccc1/C=C/C(=O)N[C@@H]1C(=O)N(C)/C(=C/c2ccc(OC)cc2)C(=O)N[C@@H](CC(C)C)C(=O)N[C@H](Cc2ccccc2)C(=O)N[C@@H]([C@H](C)O)C(=O)N[C@@H](CC(N)=O)C(=O)N[C@@H](CO)C(=O)O[C@@H]1C. The van der Waals surface area contributed by atoms with Gasteiger partial charge in [-0.2, -0.15) is 0 Å². The van der Waals surface area contributed by atoms with Crippen LogP contribution in [0.25, 0.3) is 18.2 Å². The summed E-state index contributed by atoms with van der Waals surface area (Å²) < 4.78 is 11.0. The monoisotopic (exact) mass is 1050 g/mol. The van der Waals surface area contributed by atoms with Gasteiger partial charge >= 0.3 is 5.97 Å². The number of ether oxygens (including phenoxy) is 2. The number of amides is 8. The zero-order valence-electron chi connectivity index (χ0n) is 43.7. The second-order valence-electron chi connectivity index (χ2n) is 18.6. The molecule has 1 fully saturated rings. The summed E-state index contributed by atoms with van der Waals surface area (Å²) in [7, 11) is 2.68. The molecule has 8 atom stereocenters. The number of cyclic esters (lactones) is 1. The summed E-state index contributed by atoms with van der Waals surface area (Å²) in [6.07, 6.45) is 5.30. The summed E-state index contributed by atoms with van der Waals surface area (Å²) in [6.45, 7) is 6.87. The summed E-state index contributed by atoms with van der Waals surface area (Å²) >= 11 is 0. The number of likely N-dealkylation sites (N-methyl/N-ethyl adjacent to an activating group) is 1. The van der Waals surface area contributed by atoms with Crippen molar-refractivity contribution in [3.63, 3.8) is 0 Å². The highest BCUT2D eigenvalue weighted by Crippen LogP contribution is 2.20. The third kappa shape index (κ3) is 18.3. The summed E-state index contributed by atoms with van der Waals surface area (Å²) in [6, 6.07) is 11.8. The first-order valence-corrected chi connectivity index (χ1v) is 24.9. The first-order valence-electron chi connectivity index (χ1n) is 24.9. The number of benzene rings is 3. The minimum atomic E-state index is -1.93. The van der Waals surface area contributed by atoms with E-state index in [-0.39, 0.29) is 24.5 Å². The Morgan fingerprint density at radius 1 is 0.789 bits per heavy atom. The number of nitrogens with two attached hydrogens (primary N) is 1. The number of hydrogen-bond donors (Lipinski definition) is 9. The molecule has 0 unspecified atom stereocenters. The Morgan fingerprint density at radius 2 is 1.38 bits per heavy atom. The molecule has 4 rings (SSSR count). The molecular formula is C55H70N8O13. The van der Waals surface area contributed by atoms with Crippen LogP contribution in [0.5, 0.6) is 5.75 Å². The van der Waals surface area contributed by atoms with Gasteiger partial charge in [-0.05, 0) is 79.1 Å². The van der Waals surface area contributed by atoms with Crippen molar-refractivity contribution in [2.75, 3.05) is 20.8 Å². The largest absolute Gasteiger partial charge is 0.497 e. The molecule has 1 saturated heterocycles. The molecule has 21 heteroatoms. The molecule has 408 valence electrons. The van der Waals surface area contributed by atoms with E-state index in [1.807, 2.05) is 31.2 Å². The van der Waals surface area contributed by atoms with E-state index in [0.717, 1.165) is 36.3 Å². The van der Waals surface area contributed by atoms with Gasteiger partial charge in [0.05, 0.1) is 26.2 Å². The molecule has 10 N–H and O–H groups in total. The zero-order chi connectivity index (χ0) is 56.1. The summed E-state index contributed by atoms with van der Waals surface area (Å²) in [5.74, 6) is -9.35. The predicted molar refractivity (Wildman–Crippen MR) is 282 cm³/mol. The van der Waals surface area contributed by atoms with E-state index in [1.165, 1.54) is 33.2 Å². The highest BCUT2D eigenvalue weighted by molar-refractivity contribution is 6.05. The predicted octanol–water partition coefficient (Wildman–Crippen LogP) is 1.41. The van der Waals surface area contributed by atoms with Crippen molar-refractivity contribution in [2.45, 2.75) is 115 Å². The number of rotatable bonds is 16. The lowest BCUT2D eigenvalue weighted by atomic mass is 10.00. The third-order valence-electron chi connectivity index (χ3n) is 12.0. The first-order chi connectivity index (χ1) is 36.1. The Morgan fingerprint density at radius 3 is 1.97 bits per heavy atom. The van der Waals surface area contributed by atoms with Gasteiger partial charge in [0.25, 0.3) is 11.8 Å². The average Bonchev–Trinajstić information content (AvgIpc) is 3.38. The Hall–Kier alpha value is -8.17. The summed E-state index contributed by atoms with van der Waals surface area (Å²) in [4.78, 5) is 127. The van der Waals surface area contributed by atoms with Crippen LogP contribution in [-0.2, 0) is 54.3 Å². The van der Waals surface area contributed by atoms with E-state index in [4.69, 9.17) is 15.2 Å². The van der Waals surface area contributed by atoms with Crippen LogP contribution in [0.2, 0.25) is 0 Å². The van der Waals surface area contributed by atoms with Crippen molar-refractivity contribution in [3.05, 3.63) is 119 Å². The molecular weight excluding hydrogens is 981 g/mol. The number of carbonyl (C=O) groups excluding carboxylic acids is 9. The van der Waals surface area contributed by atoms with Crippen LogP contribution in [-0.4, -0.2) is 138 Å².